The smallest absolute Gasteiger partial charge is 0.224 e. The molecule has 3 aromatic rings. The number of amides is 1. The molecule has 0 aliphatic heterocycles. The quantitative estimate of drug-likeness (QED) is 0.574. The van der Waals surface area contributed by atoms with Crippen LogP contribution in [0.1, 0.15) is 39.6 Å². The van der Waals surface area contributed by atoms with Gasteiger partial charge in [0.05, 0.1) is 17.1 Å². The molecule has 0 aliphatic carbocycles. The van der Waals surface area contributed by atoms with E-state index >= 15 is 0 Å². The Morgan fingerprint density at radius 2 is 2.00 bits per heavy atom. The van der Waals surface area contributed by atoms with Gasteiger partial charge in [0.2, 0.25) is 11.9 Å². The molecule has 9 nitrogen and oxygen atoms in total. The molecule has 3 aromatic heterocycles. The van der Waals surface area contributed by atoms with Crippen molar-refractivity contribution in [3.63, 3.8) is 0 Å². The molecule has 0 atom stereocenters. The number of rotatable bonds is 7. The highest BCUT2D eigenvalue weighted by atomic mass is 16.1. The predicted molar refractivity (Wildman–Crippen MR) is 109 cm³/mol. The van der Waals surface area contributed by atoms with E-state index in [1.807, 2.05) is 13.0 Å². The Kier molecular flexibility index (Phi) is 5.17. The maximum atomic E-state index is 11.4. The van der Waals surface area contributed by atoms with Crippen LogP contribution in [0.5, 0.6) is 0 Å². The van der Waals surface area contributed by atoms with E-state index in [0.717, 1.165) is 16.9 Å². The van der Waals surface area contributed by atoms with Gasteiger partial charge < -0.3 is 20.9 Å². The third-order valence-corrected chi connectivity index (χ3v) is 4.54. The fraction of sp³-hybridized carbons (Fsp3) is 0.421. The van der Waals surface area contributed by atoms with Crippen molar-refractivity contribution in [2.45, 2.75) is 40.7 Å². The molecule has 4 N–H and O–H groups in total. The Balaban J connectivity index is 1.80. The number of anilines is 3. The Morgan fingerprint density at radius 1 is 1.25 bits per heavy atom. The minimum Gasteiger partial charge on any atom is -0.369 e. The number of nitrogens with two attached hydrogens (primary N) is 1. The fourth-order valence-electron chi connectivity index (χ4n) is 2.87. The lowest BCUT2D eigenvalue weighted by atomic mass is 9.93. The molecule has 0 fully saturated rings. The molecule has 0 radical (unpaired) electrons. The highest BCUT2D eigenvalue weighted by molar-refractivity contribution is 5.80. The Hall–Kier alpha value is -3.23. The molecule has 0 bridgehead atoms. The van der Waals surface area contributed by atoms with Crippen LogP contribution in [0.2, 0.25) is 0 Å². The van der Waals surface area contributed by atoms with Crippen molar-refractivity contribution in [1.82, 2.24) is 24.5 Å². The van der Waals surface area contributed by atoms with E-state index in [-0.39, 0.29) is 5.91 Å². The van der Waals surface area contributed by atoms with Crippen molar-refractivity contribution in [3.05, 3.63) is 30.4 Å². The molecule has 0 unspecified atom stereocenters. The molecule has 0 spiro atoms. The summed E-state index contributed by atoms with van der Waals surface area (Å²) in [6, 6.07) is 4.01. The van der Waals surface area contributed by atoms with Crippen LogP contribution in [0.3, 0.4) is 0 Å². The summed E-state index contributed by atoms with van der Waals surface area (Å²) in [5.41, 5.74) is 6.57. The maximum Gasteiger partial charge on any atom is 0.224 e. The van der Waals surface area contributed by atoms with Crippen molar-refractivity contribution in [1.29, 1.82) is 0 Å². The van der Waals surface area contributed by atoms with Crippen molar-refractivity contribution in [2.24, 2.45) is 11.1 Å². The number of nitrogens with one attached hydrogen (secondary N) is 2. The van der Waals surface area contributed by atoms with Crippen LogP contribution in [0.4, 0.5) is 17.6 Å². The Labute approximate surface area is 163 Å². The molecule has 0 saturated heterocycles. The van der Waals surface area contributed by atoms with Crippen molar-refractivity contribution in [3.8, 4) is 0 Å². The zero-order chi connectivity index (χ0) is 20.5. The van der Waals surface area contributed by atoms with Gasteiger partial charge in [-0.15, -0.1) is 0 Å². The number of primary amides is 1. The third kappa shape index (κ3) is 4.03. The van der Waals surface area contributed by atoms with Crippen LogP contribution in [-0.4, -0.2) is 37.0 Å². The number of carbonyl (C=O) groups is 1. The number of pyridine rings is 1. The summed E-state index contributed by atoms with van der Waals surface area (Å²) >= 11 is 0. The van der Waals surface area contributed by atoms with Crippen LogP contribution in [0, 0.1) is 12.3 Å². The van der Waals surface area contributed by atoms with Gasteiger partial charge >= 0.3 is 0 Å². The standard InChI is InChI=1S/C19H26N8O/c1-11(2)27-12(3)24-13-9-22-16(8-14(13)27)25-15-6-7-21-18(26-15)23-10-19(4,5)17(20)28/h6-9,11H,10H2,1-5H3,(H2,20,28)(H2,21,22,23,25,26). The number of carbonyl (C=O) groups excluding carboxylic acids is 1. The monoisotopic (exact) mass is 382 g/mol. The van der Waals surface area contributed by atoms with Crippen molar-refractivity contribution < 1.29 is 4.79 Å². The first kappa shape index (κ1) is 19.5. The third-order valence-electron chi connectivity index (χ3n) is 4.54. The Bertz CT molecular complexity index is 1010. The van der Waals surface area contributed by atoms with Gasteiger partial charge in [-0.25, -0.2) is 15.0 Å². The second-order valence-corrected chi connectivity index (χ2v) is 7.67. The van der Waals surface area contributed by atoms with E-state index < -0.39 is 5.41 Å². The van der Waals surface area contributed by atoms with Gasteiger partial charge in [0.25, 0.3) is 0 Å². The largest absolute Gasteiger partial charge is 0.369 e. The zero-order valence-electron chi connectivity index (χ0n) is 16.8. The average molecular weight is 382 g/mol. The lowest BCUT2D eigenvalue weighted by Gasteiger charge is -2.20. The molecule has 3 heterocycles. The van der Waals surface area contributed by atoms with E-state index in [4.69, 9.17) is 5.73 Å². The van der Waals surface area contributed by atoms with Crippen molar-refractivity contribution >= 4 is 34.5 Å². The molecule has 28 heavy (non-hydrogen) atoms. The number of aryl methyl sites for hydroxylation is 1. The summed E-state index contributed by atoms with van der Waals surface area (Å²) < 4.78 is 2.17. The molecule has 148 valence electrons. The van der Waals surface area contributed by atoms with Crippen LogP contribution < -0.4 is 16.4 Å². The summed E-state index contributed by atoms with van der Waals surface area (Å²) in [4.78, 5) is 29.0. The van der Waals surface area contributed by atoms with Gasteiger partial charge in [0, 0.05) is 24.8 Å². The molecule has 9 heteroatoms. The summed E-state index contributed by atoms with van der Waals surface area (Å²) in [7, 11) is 0. The summed E-state index contributed by atoms with van der Waals surface area (Å²) in [6.45, 7) is 10.1. The van der Waals surface area contributed by atoms with E-state index in [9.17, 15) is 4.79 Å². The lowest BCUT2D eigenvalue weighted by molar-refractivity contribution is -0.125. The average Bonchev–Trinajstić information content (AvgIpc) is 2.95. The Morgan fingerprint density at radius 3 is 2.68 bits per heavy atom. The number of nitrogens with zero attached hydrogens (tertiary/aromatic N) is 5. The first-order valence-electron chi connectivity index (χ1n) is 9.16. The number of hydrogen-bond acceptors (Lipinski definition) is 7. The number of fused-ring (bicyclic) bond motifs is 1. The van der Waals surface area contributed by atoms with Gasteiger partial charge in [0.15, 0.2) is 0 Å². The van der Waals surface area contributed by atoms with Gasteiger partial charge in [0.1, 0.15) is 23.0 Å². The first-order chi connectivity index (χ1) is 13.2. The highest BCUT2D eigenvalue weighted by Crippen LogP contribution is 2.24. The van der Waals surface area contributed by atoms with Gasteiger partial charge in [-0.2, -0.15) is 4.98 Å². The molecular weight excluding hydrogens is 356 g/mol. The van der Waals surface area contributed by atoms with Crippen LogP contribution in [0.25, 0.3) is 11.0 Å². The minimum absolute atomic E-state index is 0.295. The summed E-state index contributed by atoms with van der Waals surface area (Å²) in [5, 5.41) is 6.25. The molecule has 0 aromatic carbocycles. The van der Waals surface area contributed by atoms with Crippen LogP contribution in [-0.2, 0) is 4.79 Å². The predicted octanol–water partition coefficient (Wildman–Crippen LogP) is 2.78. The van der Waals surface area contributed by atoms with Gasteiger partial charge in [-0.05, 0) is 40.7 Å². The van der Waals surface area contributed by atoms with E-state index in [1.54, 1.807) is 32.3 Å². The second kappa shape index (κ2) is 7.41. The molecular formula is C19H26N8O. The molecule has 0 aliphatic rings. The SMILES string of the molecule is Cc1nc2cnc(Nc3ccnc(NCC(C)(C)C(N)=O)n3)cc2n1C(C)C. The van der Waals surface area contributed by atoms with Gasteiger partial charge in [-0.1, -0.05) is 0 Å². The minimum atomic E-state index is -0.702. The van der Waals surface area contributed by atoms with E-state index in [0.29, 0.717) is 30.2 Å². The number of imidazole rings is 1. The fourth-order valence-corrected chi connectivity index (χ4v) is 2.87. The molecule has 1 amide bonds. The van der Waals surface area contributed by atoms with Crippen molar-refractivity contribution in [2.75, 3.05) is 17.2 Å². The normalized spacial score (nSPS) is 11.8. The lowest BCUT2D eigenvalue weighted by Crippen LogP contribution is -2.37. The van der Waals surface area contributed by atoms with E-state index in [2.05, 4.69) is 49.0 Å². The second-order valence-electron chi connectivity index (χ2n) is 7.67. The number of aromatic nitrogens is 5. The summed E-state index contributed by atoms with van der Waals surface area (Å²) in [5.74, 6) is 2.23. The zero-order valence-corrected chi connectivity index (χ0v) is 16.8. The number of hydrogen-bond donors (Lipinski definition) is 3. The van der Waals surface area contributed by atoms with Crippen LogP contribution >= 0.6 is 0 Å². The topological polar surface area (TPSA) is 124 Å². The maximum absolute atomic E-state index is 11.4. The summed E-state index contributed by atoms with van der Waals surface area (Å²) in [6.07, 6.45) is 3.38. The highest BCUT2D eigenvalue weighted by Gasteiger charge is 2.24. The first-order valence-corrected chi connectivity index (χ1v) is 9.16. The van der Waals surface area contributed by atoms with Gasteiger partial charge in [-0.3, -0.25) is 4.79 Å². The molecule has 3 rings (SSSR count). The molecule has 0 saturated carbocycles. The van der Waals surface area contributed by atoms with Crippen LogP contribution in [0.15, 0.2) is 24.5 Å². The van der Waals surface area contributed by atoms with E-state index in [1.165, 1.54) is 0 Å².